The number of ether oxygens (including phenoxy) is 1. The summed E-state index contributed by atoms with van der Waals surface area (Å²) >= 11 is 0. The average Bonchev–Trinajstić information content (AvgIpc) is 3.26. The van der Waals surface area contributed by atoms with E-state index in [0.29, 0.717) is 0 Å². The summed E-state index contributed by atoms with van der Waals surface area (Å²) in [5, 5.41) is 7.94. The van der Waals surface area contributed by atoms with Gasteiger partial charge in [-0.3, -0.25) is 5.10 Å². The number of nitrogens with zero attached hydrogens (tertiary/aromatic N) is 5. The van der Waals surface area contributed by atoms with Crippen molar-refractivity contribution < 1.29 is 4.74 Å². The number of aryl methyl sites for hydroxylation is 1. The molecule has 1 aliphatic rings. The smallest absolute Gasteiger partial charge is 0.143 e. The van der Waals surface area contributed by atoms with Gasteiger partial charge in [0.25, 0.3) is 0 Å². The largest absolute Gasteiger partial charge is 0.376 e. The molecule has 0 unspecified atom stereocenters. The van der Waals surface area contributed by atoms with E-state index in [9.17, 15) is 0 Å². The molecule has 1 fully saturated rings. The number of H-pyrrole nitrogens is 2. The summed E-state index contributed by atoms with van der Waals surface area (Å²) in [6.45, 7) is 3.38. The summed E-state index contributed by atoms with van der Waals surface area (Å²) in [5.41, 5.74) is 0.860. The van der Waals surface area contributed by atoms with E-state index in [0.717, 1.165) is 48.1 Å². The van der Waals surface area contributed by atoms with Gasteiger partial charge in [-0.1, -0.05) is 0 Å². The maximum Gasteiger partial charge on any atom is 0.143 e. The Kier molecular flexibility index (Phi) is 3.45. The van der Waals surface area contributed by atoms with Crippen LogP contribution in [0.15, 0.2) is 18.6 Å². The van der Waals surface area contributed by atoms with Crippen LogP contribution >= 0.6 is 0 Å². The van der Waals surface area contributed by atoms with E-state index in [4.69, 9.17) is 4.74 Å². The highest BCUT2D eigenvalue weighted by Crippen LogP contribution is 2.31. The zero-order valence-electron chi connectivity index (χ0n) is 13.2. The van der Waals surface area contributed by atoms with E-state index in [-0.39, 0.29) is 12.0 Å². The number of anilines is 1. The molecule has 3 aromatic heterocycles. The van der Waals surface area contributed by atoms with Crippen molar-refractivity contribution in [3.63, 3.8) is 0 Å². The molecule has 0 radical (unpaired) electrons. The molecule has 2 N–H and O–H groups in total. The number of hydrogen-bond acceptors (Lipinski definition) is 6. The standard InChI is InChI=1S/C15H19N7O/c1-9-19-13-11(3-5-16-13)15(20-9)22(2)7-12-10(4-6-23-12)14-17-8-18-21-14/h3,5,8,10,12H,4,6-7H2,1-2H3,(H,16,19,20)(H,17,18,21)/t10-,12-/m1/s1. The molecule has 0 amide bonds. The van der Waals surface area contributed by atoms with Crippen molar-refractivity contribution in [2.24, 2.45) is 0 Å². The third-order valence-corrected chi connectivity index (χ3v) is 4.32. The van der Waals surface area contributed by atoms with Gasteiger partial charge in [-0.2, -0.15) is 5.10 Å². The van der Waals surface area contributed by atoms with Crippen LogP contribution in [0.1, 0.15) is 24.0 Å². The minimum absolute atomic E-state index is 0.0669. The van der Waals surface area contributed by atoms with Crippen LogP contribution in [-0.4, -0.2) is 56.4 Å². The van der Waals surface area contributed by atoms with Gasteiger partial charge >= 0.3 is 0 Å². The molecule has 0 aliphatic carbocycles. The number of hydrogen-bond donors (Lipinski definition) is 2. The van der Waals surface area contributed by atoms with Gasteiger partial charge in [-0.15, -0.1) is 0 Å². The quantitative estimate of drug-likeness (QED) is 0.756. The minimum Gasteiger partial charge on any atom is -0.376 e. The first-order valence-corrected chi connectivity index (χ1v) is 7.72. The van der Waals surface area contributed by atoms with Crippen molar-refractivity contribution in [3.05, 3.63) is 30.2 Å². The van der Waals surface area contributed by atoms with Gasteiger partial charge in [0.15, 0.2) is 0 Å². The van der Waals surface area contributed by atoms with Gasteiger partial charge in [0.1, 0.15) is 29.4 Å². The topological polar surface area (TPSA) is 95.6 Å². The predicted octanol–water partition coefficient (Wildman–Crippen LogP) is 1.39. The zero-order chi connectivity index (χ0) is 15.8. The van der Waals surface area contributed by atoms with E-state index in [1.54, 1.807) is 6.33 Å². The molecule has 2 atom stereocenters. The molecule has 0 aromatic carbocycles. The number of nitrogens with one attached hydrogen (secondary N) is 2. The Hall–Kier alpha value is -2.48. The molecule has 23 heavy (non-hydrogen) atoms. The van der Waals surface area contributed by atoms with Gasteiger partial charge in [-0.05, 0) is 19.4 Å². The predicted molar refractivity (Wildman–Crippen MR) is 85.4 cm³/mol. The number of likely N-dealkylation sites (N-methyl/N-ethyl adjacent to an activating group) is 1. The number of aromatic amines is 2. The Labute approximate surface area is 133 Å². The second kappa shape index (κ2) is 5.62. The first kappa shape index (κ1) is 14.1. The highest BCUT2D eigenvalue weighted by atomic mass is 16.5. The van der Waals surface area contributed by atoms with Crippen LogP contribution in [0.25, 0.3) is 11.0 Å². The Morgan fingerprint density at radius 1 is 1.39 bits per heavy atom. The lowest BCUT2D eigenvalue weighted by molar-refractivity contribution is 0.108. The van der Waals surface area contributed by atoms with Crippen LogP contribution in [0.3, 0.4) is 0 Å². The molecular formula is C15H19N7O. The Bertz CT molecular complexity index is 797. The first-order valence-electron chi connectivity index (χ1n) is 7.72. The van der Waals surface area contributed by atoms with Crippen molar-refractivity contribution in [2.45, 2.75) is 25.4 Å². The summed E-state index contributed by atoms with van der Waals surface area (Å²) in [6.07, 6.45) is 4.46. The van der Waals surface area contributed by atoms with Crippen LogP contribution in [0.2, 0.25) is 0 Å². The average molecular weight is 313 g/mol. The Balaban J connectivity index is 1.59. The van der Waals surface area contributed by atoms with Gasteiger partial charge in [-0.25, -0.2) is 15.0 Å². The number of fused-ring (bicyclic) bond motifs is 1. The van der Waals surface area contributed by atoms with E-state index in [1.165, 1.54) is 0 Å². The second-order valence-corrected chi connectivity index (χ2v) is 5.89. The number of rotatable bonds is 4. The molecule has 4 rings (SSSR count). The highest BCUT2D eigenvalue weighted by molar-refractivity contribution is 5.87. The molecule has 1 aliphatic heterocycles. The second-order valence-electron chi connectivity index (χ2n) is 5.89. The third kappa shape index (κ3) is 2.55. The summed E-state index contributed by atoms with van der Waals surface area (Å²) in [7, 11) is 2.04. The van der Waals surface area contributed by atoms with Gasteiger partial charge in [0.05, 0.1) is 11.5 Å². The third-order valence-electron chi connectivity index (χ3n) is 4.32. The molecule has 1 saturated heterocycles. The van der Waals surface area contributed by atoms with Crippen molar-refractivity contribution >= 4 is 16.9 Å². The van der Waals surface area contributed by atoms with Crippen LogP contribution in [0, 0.1) is 6.92 Å². The van der Waals surface area contributed by atoms with E-state index >= 15 is 0 Å². The highest BCUT2D eigenvalue weighted by Gasteiger charge is 2.33. The van der Waals surface area contributed by atoms with Crippen LogP contribution in [-0.2, 0) is 4.74 Å². The molecular weight excluding hydrogens is 294 g/mol. The lowest BCUT2D eigenvalue weighted by Crippen LogP contribution is -2.33. The van der Waals surface area contributed by atoms with Crippen LogP contribution in [0.4, 0.5) is 5.82 Å². The van der Waals surface area contributed by atoms with Gasteiger partial charge < -0.3 is 14.6 Å². The van der Waals surface area contributed by atoms with Crippen molar-refractivity contribution in [3.8, 4) is 0 Å². The van der Waals surface area contributed by atoms with Gasteiger partial charge in [0, 0.05) is 32.3 Å². The van der Waals surface area contributed by atoms with Crippen molar-refractivity contribution in [2.75, 3.05) is 25.1 Å². The molecule has 8 nitrogen and oxygen atoms in total. The fraction of sp³-hybridized carbons (Fsp3) is 0.467. The monoisotopic (exact) mass is 313 g/mol. The Morgan fingerprint density at radius 3 is 3.13 bits per heavy atom. The summed E-state index contributed by atoms with van der Waals surface area (Å²) in [5.74, 6) is 2.80. The summed E-state index contributed by atoms with van der Waals surface area (Å²) in [6, 6.07) is 2.00. The Morgan fingerprint density at radius 2 is 2.30 bits per heavy atom. The molecule has 3 aromatic rings. The first-order chi connectivity index (χ1) is 11.2. The molecule has 0 saturated carbocycles. The maximum atomic E-state index is 5.92. The molecule has 8 heteroatoms. The van der Waals surface area contributed by atoms with Crippen molar-refractivity contribution in [1.82, 2.24) is 30.1 Å². The summed E-state index contributed by atoms with van der Waals surface area (Å²) < 4.78 is 5.92. The van der Waals surface area contributed by atoms with Crippen LogP contribution in [0.5, 0.6) is 0 Å². The van der Waals surface area contributed by atoms with Crippen molar-refractivity contribution in [1.29, 1.82) is 0 Å². The maximum absolute atomic E-state index is 5.92. The van der Waals surface area contributed by atoms with Crippen LogP contribution < -0.4 is 4.90 Å². The summed E-state index contributed by atoms with van der Waals surface area (Å²) in [4.78, 5) is 18.6. The number of aromatic nitrogens is 6. The SMILES string of the molecule is Cc1nc(N(C)C[C@H]2OCC[C@H]2c2ncn[nH]2)c2cc[nH]c2n1. The fourth-order valence-corrected chi connectivity index (χ4v) is 3.22. The van der Waals surface area contributed by atoms with E-state index in [2.05, 4.69) is 35.0 Å². The van der Waals surface area contributed by atoms with Gasteiger partial charge in [0.2, 0.25) is 0 Å². The molecule has 0 spiro atoms. The fourth-order valence-electron chi connectivity index (χ4n) is 3.22. The minimum atomic E-state index is 0.0669. The zero-order valence-corrected chi connectivity index (χ0v) is 13.2. The molecule has 120 valence electrons. The van der Waals surface area contributed by atoms with E-state index < -0.39 is 0 Å². The lowest BCUT2D eigenvalue weighted by Gasteiger charge is -2.25. The van der Waals surface area contributed by atoms with E-state index in [1.807, 2.05) is 26.2 Å². The normalized spacial score (nSPS) is 21.1. The molecule has 4 heterocycles. The molecule has 0 bridgehead atoms. The lowest BCUT2D eigenvalue weighted by atomic mass is 10.0.